The maximum atomic E-state index is 12.3. The lowest BCUT2D eigenvalue weighted by Gasteiger charge is -2.26. The number of nitrogens with zero attached hydrogens (tertiary/aromatic N) is 1. The van der Waals surface area contributed by atoms with Gasteiger partial charge >= 0.3 is 0 Å². The molecule has 0 saturated carbocycles. The van der Waals surface area contributed by atoms with Crippen LogP contribution in [-0.4, -0.2) is 29.9 Å². The van der Waals surface area contributed by atoms with Crippen LogP contribution in [0.4, 0.5) is 0 Å². The Kier molecular flexibility index (Phi) is 5.90. The first-order chi connectivity index (χ1) is 8.63. The normalized spacial score (nSPS) is 11.6. The molecule has 0 aromatic carbocycles. The topological polar surface area (TPSA) is 46.3 Å². The number of nitrogens with two attached hydrogens (primary N) is 1. The standard InChI is InChI=1S/C14H20N2OS/c1-4-11(3)16(5-2)14(17)12-9-13(18-10-12)7-6-8-15/h9-11H,4-5,8,15H2,1-3H3. The predicted molar refractivity (Wildman–Crippen MR) is 76.7 cm³/mol. The van der Waals surface area contributed by atoms with Crippen molar-refractivity contribution in [3.8, 4) is 11.8 Å². The zero-order valence-electron chi connectivity index (χ0n) is 11.2. The predicted octanol–water partition coefficient (Wildman–Crippen LogP) is 2.32. The van der Waals surface area contributed by atoms with Crippen molar-refractivity contribution in [1.29, 1.82) is 0 Å². The Morgan fingerprint density at radius 2 is 2.28 bits per heavy atom. The van der Waals surface area contributed by atoms with Crippen molar-refractivity contribution in [1.82, 2.24) is 4.90 Å². The van der Waals surface area contributed by atoms with E-state index in [9.17, 15) is 4.79 Å². The van der Waals surface area contributed by atoms with E-state index in [1.165, 1.54) is 11.3 Å². The van der Waals surface area contributed by atoms with Gasteiger partial charge in [0, 0.05) is 18.0 Å². The zero-order valence-corrected chi connectivity index (χ0v) is 12.0. The summed E-state index contributed by atoms with van der Waals surface area (Å²) in [6.45, 7) is 7.24. The highest BCUT2D eigenvalue weighted by molar-refractivity contribution is 7.10. The highest BCUT2D eigenvalue weighted by atomic mass is 32.1. The Morgan fingerprint density at radius 1 is 1.56 bits per heavy atom. The lowest BCUT2D eigenvalue weighted by Crippen LogP contribution is -2.37. The number of thiophene rings is 1. The third-order valence-corrected chi connectivity index (χ3v) is 3.73. The van der Waals surface area contributed by atoms with Crippen molar-refractivity contribution < 1.29 is 4.79 Å². The summed E-state index contributed by atoms with van der Waals surface area (Å²) in [5.74, 6) is 5.84. The van der Waals surface area contributed by atoms with E-state index in [4.69, 9.17) is 5.73 Å². The maximum absolute atomic E-state index is 12.3. The number of amides is 1. The maximum Gasteiger partial charge on any atom is 0.254 e. The van der Waals surface area contributed by atoms with E-state index in [2.05, 4.69) is 25.7 Å². The Hall–Kier alpha value is -1.31. The Labute approximate surface area is 113 Å². The summed E-state index contributed by atoms with van der Waals surface area (Å²) in [5.41, 5.74) is 6.05. The molecule has 3 nitrogen and oxygen atoms in total. The molecule has 0 aliphatic rings. The summed E-state index contributed by atoms with van der Waals surface area (Å²) in [4.78, 5) is 15.1. The molecule has 1 aromatic heterocycles. The van der Waals surface area contributed by atoms with Crippen LogP contribution in [0.15, 0.2) is 11.4 Å². The summed E-state index contributed by atoms with van der Waals surface area (Å²) in [6, 6.07) is 2.11. The van der Waals surface area contributed by atoms with Crippen LogP contribution in [0.5, 0.6) is 0 Å². The Morgan fingerprint density at radius 3 is 2.83 bits per heavy atom. The molecule has 0 bridgehead atoms. The second kappa shape index (κ2) is 7.20. The molecule has 1 atom stereocenters. The van der Waals surface area contributed by atoms with Gasteiger partial charge in [0.25, 0.3) is 5.91 Å². The molecule has 2 N–H and O–H groups in total. The van der Waals surface area contributed by atoms with Crippen molar-refractivity contribution in [3.63, 3.8) is 0 Å². The Bertz CT molecular complexity index is 456. The van der Waals surface area contributed by atoms with Crippen LogP contribution in [0.3, 0.4) is 0 Å². The minimum Gasteiger partial charge on any atom is -0.336 e. The first-order valence-corrected chi connectivity index (χ1v) is 7.10. The van der Waals surface area contributed by atoms with Crippen molar-refractivity contribution in [2.75, 3.05) is 13.1 Å². The molecular formula is C14H20N2OS. The van der Waals surface area contributed by atoms with E-state index in [1.807, 2.05) is 23.3 Å². The van der Waals surface area contributed by atoms with E-state index in [0.29, 0.717) is 6.54 Å². The molecule has 18 heavy (non-hydrogen) atoms. The van der Waals surface area contributed by atoms with Crippen LogP contribution < -0.4 is 5.73 Å². The second-order valence-electron chi connectivity index (χ2n) is 4.05. The third-order valence-electron chi connectivity index (χ3n) is 2.88. The third kappa shape index (κ3) is 3.59. The number of hydrogen-bond donors (Lipinski definition) is 1. The molecule has 1 rings (SSSR count). The number of carbonyl (C=O) groups is 1. The van der Waals surface area contributed by atoms with Crippen LogP contribution in [0.1, 0.15) is 42.4 Å². The van der Waals surface area contributed by atoms with Gasteiger partial charge < -0.3 is 10.6 Å². The van der Waals surface area contributed by atoms with Crippen molar-refractivity contribution >= 4 is 17.2 Å². The van der Waals surface area contributed by atoms with E-state index >= 15 is 0 Å². The van der Waals surface area contributed by atoms with E-state index in [-0.39, 0.29) is 11.9 Å². The summed E-state index contributed by atoms with van der Waals surface area (Å²) in [7, 11) is 0. The minimum absolute atomic E-state index is 0.0869. The molecule has 1 heterocycles. The number of rotatable bonds is 4. The largest absolute Gasteiger partial charge is 0.336 e. The van der Waals surface area contributed by atoms with Crippen LogP contribution in [0, 0.1) is 11.8 Å². The number of hydrogen-bond acceptors (Lipinski definition) is 3. The fourth-order valence-electron chi connectivity index (χ4n) is 1.69. The quantitative estimate of drug-likeness (QED) is 0.848. The average Bonchev–Trinajstić information content (AvgIpc) is 2.85. The van der Waals surface area contributed by atoms with Crippen molar-refractivity contribution in [2.45, 2.75) is 33.2 Å². The van der Waals surface area contributed by atoms with Gasteiger partial charge in [0.1, 0.15) is 0 Å². The van der Waals surface area contributed by atoms with Gasteiger partial charge in [-0.25, -0.2) is 0 Å². The van der Waals surface area contributed by atoms with Crippen LogP contribution >= 0.6 is 11.3 Å². The van der Waals surface area contributed by atoms with Gasteiger partial charge in [-0.2, -0.15) is 0 Å². The van der Waals surface area contributed by atoms with E-state index in [0.717, 1.165) is 23.4 Å². The number of carbonyl (C=O) groups excluding carboxylic acids is 1. The highest BCUT2D eigenvalue weighted by Crippen LogP contribution is 2.17. The summed E-state index contributed by atoms with van der Waals surface area (Å²) in [5, 5.41) is 1.87. The van der Waals surface area contributed by atoms with Crippen LogP contribution in [0.2, 0.25) is 0 Å². The molecule has 0 aliphatic heterocycles. The summed E-state index contributed by atoms with van der Waals surface area (Å²) < 4.78 is 0. The summed E-state index contributed by atoms with van der Waals surface area (Å²) in [6.07, 6.45) is 0.962. The summed E-state index contributed by atoms with van der Waals surface area (Å²) >= 11 is 1.49. The van der Waals surface area contributed by atoms with Crippen molar-refractivity contribution in [2.24, 2.45) is 5.73 Å². The zero-order chi connectivity index (χ0) is 13.5. The smallest absolute Gasteiger partial charge is 0.254 e. The molecule has 1 amide bonds. The molecule has 1 aromatic rings. The Balaban J connectivity index is 2.86. The van der Waals surface area contributed by atoms with E-state index in [1.54, 1.807) is 0 Å². The fraction of sp³-hybridized carbons (Fsp3) is 0.500. The van der Waals surface area contributed by atoms with Gasteiger partial charge in [0.05, 0.1) is 17.0 Å². The monoisotopic (exact) mass is 264 g/mol. The second-order valence-corrected chi connectivity index (χ2v) is 4.97. The minimum atomic E-state index is 0.0869. The first-order valence-electron chi connectivity index (χ1n) is 6.22. The molecule has 1 unspecified atom stereocenters. The first kappa shape index (κ1) is 14.7. The van der Waals surface area contributed by atoms with Gasteiger partial charge in [-0.3, -0.25) is 4.79 Å². The highest BCUT2D eigenvalue weighted by Gasteiger charge is 2.19. The fourth-order valence-corrected chi connectivity index (χ4v) is 2.44. The molecule has 0 spiro atoms. The van der Waals surface area contributed by atoms with Gasteiger partial charge in [-0.1, -0.05) is 18.8 Å². The lowest BCUT2D eigenvalue weighted by atomic mass is 10.2. The molecule has 0 aliphatic carbocycles. The van der Waals surface area contributed by atoms with Gasteiger partial charge in [0.15, 0.2) is 0 Å². The van der Waals surface area contributed by atoms with E-state index < -0.39 is 0 Å². The average molecular weight is 264 g/mol. The molecule has 0 fully saturated rings. The molecule has 98 valence electrons. The molecule has 0 radical (unpaired) electrons. The van der Waals surface area contributed by atoms with Crippen LogP contribution in [-0.2, 0) is 0 Å². The van der Waals surface area contributed by atoms with Gasteiger partial charge in [-0.05, 0) is 26.3 Å². The molecule has 0 saturated heterocycles. The lowest BCUT2D eigenvalue weighted by molar-refractivity contribution is 0.0700. The SMILES string of the molecule is CCC(C)N(CC)C(=O)c1csc(C#CCN)c1. The van der Waals surface area contributed by atoms with Gasteiger partial charge in [-0.15, -0.1) is 11.3 Å². The van der Waals surface area contributed by atoms with Crippen LogP contribution in [0.25, 0.3) is 0 Å². The van der Waals surface area contributed by atoms with Crippen molar-refractivity contribution in [3.05, 3.63) is 21.9 Å². The molecular weight excluding hydrogens is 244 g/mol. The molecule has 4 heteroatoms. The van der Waals surface area contributed by atoms with Gasteiger partial charge in [0.2, 0.25) is 0 Å².